The summed E-state index contributed by atoms with van der Waals surface area (Å²) in [5.41, 5.74) is 0.742. The molecular weight excluding hydrogens is 272 g/mol. The molecule has 0 bridgehead atoms. The lowest BCUT2D eigenvalue weighted by Gasteiger charge is -2.08. The van der Waals surface area contributed by atoms with E-state index >= 15 is 0 Å². The predicted molar refractivity (Wildman–Crippen MR) is 73.3 cm³/mol. The van der Waals surface area contributed by atoms with Gasteiger partial charge in [0.25, 0.3) is 5.95 Å². The molecule has 3 aromatic rings. The highest BCUT2D eigenvalue weighted by Crippen LogP contribution is 2.21. The average molecular weight is 284 g/mol. The molecule has 9 nitrogen and oxygen atoms in total. The van der Waals surface area contributed by atoms with E-state index in [1.807, 2.05) is 6.92 Å². The summed E-state index contributed by atoms with van der Waals surface area (Å²) in [5, 5.41) is 6.84. The Morgan fingerprint density at radius 2 is 2.14 bits per heavy atom. The van der Waals surface area contributed by atoms with Crippen molar-refractivity contribution in [2.75, 3.05) is 12.4 Å². The summed E-state index contributed by atoms with van der Waals surface area (Å²) in [6, 6.07) is 3.72. The van der Waals surface area contributed by atoms with Gasteiger partial charge in [0.1, 0.15) is 12.7 Å². The molecule has 0 aromatic carbocycles. The third-order valence-corrected chi connectivity index (χ3v) is 2.61. The summed E-state index contributed by atoms with van der Waals surface area (Å²) in [4.78, 5) is 20.6. The normalized spacial score (nSPS) is 10.4. The van der Waals surface area contributed by atoms with Crippen molar-refractivity contribution in [3.8, 4) is 17.7 Å². The summed E-state index contributed by atoms with van der Waals surface area (Å²) < 4.78 is 7.09. The second-order valence-corrected chi connectivity index (χ2v) is 4.02. The van der Waals surface area contributed by atoms with E-state index in [1.165, 1.54) is 17.3 Å². The Kier molecular flexibility index (Phi) is 3.37. The largest absolute Gasteiger partial charge is 0.422 e. The van der Waals surface area contributed by atoms with Crippen LogP contribution >= 0.6 is 0 Å². The van der Waals surface area contributed by atoms with Gasteiger partial charge in [-0.05, 0) is 19.1 Å². The molecule has 0 aliphatic carbocycles. The average Bonchev–Trinajstić information content (AvgIpc) is 3.04. The van der Waals surface area contributed by atoms with Gasteiger partial charge in [-0.25, -0.2) is 4.98 Å². The first-order valence-electron chi connectivity index (χ1n) is 6.14. The molecule has 1 N–H and O–H groups in total. The van der Waals surface area contributed by atoms with E-state index < -0.39 is 0 Å². The second-order valence-electron chi connectivity index (χ2n) is 4.02. The first-order chi connectivity index (χ1) is 10.3. The van der Waals surface area contributed by atoms with Crippen LogP contribution in [0.4, 0.5) is 5.95 Å². The van der Waals surface area contributed by atoms with Gasteiger partial charge >= 0.3 is 6.01 Å². The Morgan fingerprint density at radius 1 is 1.24 bits per heavy atom. The van der Waals surface area contributed by atoms with Crippen molar-refractivity contribution in [2.45, 2.75) is 6.92 Å². The zero-order valence-corrected chi connectivity index (χ0v) is 11.4. The van der Waals surface area contributed by atoms with Crippen LogP contribution in [0.15, 0.2) is 31.0 Å². The number of anilines is 1. The molecular formula is C12H12N8O. The molecule has 9 heteroatoms. The molecule has 3 rings (SSSR count). The molecule has 3 aromatic heterocycles. The molecule has 0 unspecified atom stereocenters. The van der Waals surface area contributed by atoms with E-state index in [4.69, 9.17) is 4.74 Å². The monoisotopic (exact) mass is 284 g/mol. The number of nitrogens with zero attached hydrogens (tertiary/aromatic N) is 7. The fourth-order valence-electron chi connectivity index (χ4n) is 1.59. The molecule has 0 atom stereocenters. The molecule has 106 valence electrons. The fraction of sp³-hybridized carbons (Fsp3) is 0.167. The molecule has 0 saturated carbocycles. The Labute approximate surface area is 120 Å². The number of aromatic nitrogens is 7. The molecule has 0 fully saturated rings. The Bertz CT molecular complexity index is 743. The van der Waals surface area contributed by atoms with Gasteiger partial charge in [-0.1, -0.05) is 0 Å². The Hall–Kier alpha value is -3.10. The summed E-state index contributed by atoms with van der Waals surface area (Å²) in [5.74, 6) is 1.26. The molecule has 0 aliphatic heterocycles. The number of pyridine rings is 1. The molecule has 0 aliphatic rings. The van der Waals surface area contributed by atoms with Crippen molar-refractivity contribution in [1.82, 2.24) is 34.7 Å². The highest BCUT2D eigenvalue weighted by molar-refractivity contribution is 5.32. The Morgan fingerprint density at radius 3 is 2.86 bits per heavy atom. The van der Waals surface area contributed by atoms with Crippen molar-refractivity contribution in [3.63, 3.8) is 0 Å². The first-order valence-corrected chi connectivity index (χ1v) is 6.14. The number of rotatable bonds is 4. The van der Waals surface area contributed by atoms with E-state index in [0.29, 0.717) is 17.6 Å². The minimum Gasteiger partial charge on any atom is -0.422 e. The number of ether oxygens (including phenoxy) is 1. The molecule has 0 radical (unpaired) electrons. The van der Waals surface area contributed by atoms with Crippen LogP contribution in [0.2, 0.25) is 0 Å². The zero-order chi connectivity index (χ0) is 14.7. The zero-order valence-electron chi connectivity index (χ0n) is 11.4. The van der Waals surface area contributed by atoms with Gasteiger partial charge in [0.05, 0.1) is 5.69 Å². The van der Waals surface area contributed by atoms with Gasteiger partial charge in [-0.15, -0.1) is 0 Å². The minimum absolute atomic E-state index is 0.149. The molecule has 21 heavy (non-hydrogen) atoms. The van der Waals surface area contributed by atoms with Gasteiger partial charge in [0, 0.05) is 13.2 Å². The van der Waals surface area contributed by atoms with E-state index in [9.17, 15) is 0 Å². The van der Waals surface area contributed by atoms with Crippen molar-refractivity contribution < 1.29 is 4.74 Å². The van der Waals surface area contributed by atoms with Crippen LogP contribution in [0.3, 0.4) is 0 Å². The van der Waals surface area contributed by atoms with E-state index in [2.05, 4.69) is 35.3 Å². The minimum atomic E-state index is 0.149. The van der Waals surface area contributed by atoms with Crippen LogP contribution in [0.5, 0.6) is 11.8 Å². The van der Waals surface area contributed by atoms with Crippen molar-refractivity contribution in [1.29, 1.82) is 0 Å². The number of aryl methyl sites for hydroxylation is 1. The molecule has 3 heterocycles. The third-order valence-electron chi connectivity index (χ3n) is 2.61. The van der Waals surface area contributed by atoms with Gasteiger partial charge < -0.3 is 10.1 Å². The SMILES string of the molecule is CNc1nc(Oc2cccnc2C)nc(-n2cncn2)n1. The number of hydrogen-bond donors (Lipinski definition) is 1. The van der Waals surface area contributed by atoms with Crippen molar-refractivity contribution >= 4 is 5.95 Å². The quantitative estimate of drug-likeness (QED) is 0.756. The predicted octanol–water partition coefficient (Wildman–Crippen LogP) is 0.990. The van der Waals surface area contributed by atoms with Gasteiger partial charge in [0.2, 0.25) is 5.95 Å². The van der Waals surface area contributed by atoms with Gasteiger partial charge in [-0.2, -0.15) is 24.7 Å². The maximum atomic E-state index is 5.66. The maximum absolute atomic E-state index is 5.66. The highest BCUT2D eigenvalue weighted by Gasteiger charge is 2.11. The smallest absolute Gasteiger partial charge is 0.328 e. The van der Waals surface area contributed by atoms with Crippen molar-refractivity contribution in [3.05, 3.63) is 36.7 Å². The van der Waals surface area contributed by atoms with Crippen LogP contribution in [-0.4, -0.2) is 41.7 Å². The lowest BCUT2D eigenvalue weighted by Crippen LogP contribution is -2.08. The van der Waals surface area contributed by atoms with Crippen molar-refractivity contribution in [2.24, 2.45) is 0 Å². The van der Waals surface area contributed by atoms with Crippen LogP contribution in [0.25, 0.3) is 5.95 Å². The highest BCUT2D eigenvalue weighted by atomic mass is 16.5. The summed E-state index contributed by atoms with van der Waals surface area (Å²) in [7, 11) is 1.71. The van der Waals surface area contributed by atoms with Crippen LogP contribution in [0, 0.1) is 6.92 Å². The fourth-order valence-corrected chi connectivity index (χ4v) is 1.59. The van der Waals surface area contributed by atoms with Gasteiger partial charge in [0.15, 0.2) is 5.75 Å². The molecule has 0 saturated heterocycles. The topological polar surface area (TPSA) is 104 Å². The summed E-state index contributed by atoms with van der Waals surface area (Å²) in [6.45, 7) is 1.84. The van der Waals surface area contributed by atoms with Crippen LogP contribution in [-0.2, 0) is 0 Å². The number of hydrogen-bond acceptors (Lipinski definition) is 8. The third kappa shape index (κ3) is 2.76. The lowest BCUT2D eigenvalue weighted by atomic mass is 10.3. The van der Waals surface area contributed by atoms with E-state index in [1.54, 1.807) is 25.4 Å². The second kappa shape index (κ2) is 5.49. The maximum Gasteiger partial charge on any atom is 0.328 e. The van der Waals surface area contributed by atoms with E-state index in [0.717, 1.165) is 5.69 Å². The van der Waals surface area contributed by atoms with Crippen LogP contribution in [0.1, 0.15) is 5.69 Å². The molecule has 0 spiro atoms. The first kappa shape index (κ1) is 12.9. The standard InChI is InChI=1S/C12H12N8O/c1-8-9(4-3-5-15-8)21-12-18-10(13-2)17-11(19-12)20-7-14-6-16-20/h3-7H,1-2H3,(H,13,17,18,19). The van der Waals surface area contributed by atoms with E-state index in [-0.39, 0.29) is 6.01 Å². The molecule has 0 amide bonds. The summed E-state index contributed by atoms with van der Waals surface area (Å²) in [6.07, 6.45) is 4.58. The lowest BCUT2D eigenvalue weighted by molar-refractivity contribution is 0.433. The van der Waals surface area contributed by atoms with Gasteiger partial charge in [-0.3, -0.25) is 4.98 Å². The number of nitrogens with one attached hydrogen (secondary N) is 1. The Balaban J connectivity index is 1.99. The summed E-state index contributed by atoms with van der Waals surface area (Å²) >= 11 is 0. The van der Waals surface area contributed by atoms with Crippen LogP contribution < -0.4 is 10.1 Å².